The van der Waals surface area contributed by atoms with Gasteiger partial charge in [-0.1, -0.05) is 12.1 Å². The first kappa shape index (κ1) is 16.7. The number of hydrogen-bond acceptors (Lipinski definition) is 4. The lowest BCUT2D eigenvalue weighted by Crippen LogP contribution is -2.40. The number of urea groups is 1. The summed E-state index contributed by atoms with van der Waals surface area (Å²) in [6.45, 7) is 1.75. The van der Waals surface area contributed by atoms with Crippen molar-refractivity contribution in [1.82, 2.24) is 5.32 Å². The molecule has 2 unspecified atom stereocenters. The predicted molar refractivity (Wildman–Crippen MR) is 89.7 cm³/mol. The normalized spacial score (nSPS) is 14.9. The molecule has 1 aromatic carbocycles. The number of rotatable bonds is 5. The second-order valence-electron chi connectivity index (χ2n) is 5.04. The van der Waals surface area contributed by atoms with Crippen LogP contribution in [0.25, 0.3) is 0 Å². The van der Waals surface area contributed by atoms with E-state index in [4.69, 9.17) is 0 Å². The fourth-order valence-corrected chi connectivity index (χ4v) is 3.20. The zero-order valence-electron chi connectivity index (χ0n) is 12.3. The molecule has 2 rings (SSSR count). The summed E-state index contributed by atoms with van der Waals surface area (Å²) in [6, 6.07) is 10.1. The molecule has 1 aromatic heterocycles. The van der Waals surface area contributed by atoms with E-state index in [1.165, 1.54) is 11.3 Å². The number of carbonyl (C=O) groups excluding carboxylic acids is 1. The van der Waals surface area contributed by atoms with Crippen molar-refractivity contribution < 1.29 is 14.1 Å². The van der Waals surface area contributed by atoms with Crippen molar-refractivity contribution in [3.63, 3.8) is 0 Å². The van der Waals surface area contributed by atoms with E-state index in [1.807, 2.05) is 17.5 Å². The van der Waals surface area contributed by atoms with Crippen molar-refractivity contribution >= 4 is 33.9 Å². The number of anilines is 1. The molecule has 2 aromatic rings. The first-order chi connectivity index (χ1) is 10.4. The summed E-state index contributed by atoms with van der Waals surface area (Å²) in [7, 11) is -1.10. The van der Waals surface area contributed by atoms with Gasteiger partial charge in [-0.3, -0.25) is 4.21 Å². The molecule has 0 spiro atoms. The first-order valence-electron chi connectivity index (χ1n) is 6.63. The average molecular weight is 338 g/mol. The summed E-state index contributed by atoms with van der Waals surface area (Å²) >= 11 is 1.44. The number of aliphatic hydroxyl groups is 1. The van der Waals surface area contributed by atoms with Gasteiger partial charge in [0.15, 0.2) is 0 Å². The van der Waals surface area contributed by atoms with E-state index in [9.17, 15) is 14.1 Å². The van der Waals surface area contributed by atoms with E-state index >= 15 is 0 Å². The van der Waals surface area contributed by atoms with Gasteiger partial charge in [-0.2, -0.15) is 0 Å². The third-order valence-electron chi connectivity index (χ3n) is 3.07. The maximum atomic E-state index is 11.9. The molecule has 1 heterocycles. The Morgan fingerprint density at radius 1 is 1.36 bits per heavy atom. The van der Waals surface area contributed by atoms with Gasteiger partial charge in [0.2, 0.25) is 0 Å². The zero-order chi connectivity index (χ0) is 16.2. The summed E-state index contributed by atoms with van der Waals surface area (Å²) in [5.74, 6) is 0. The van der Waals surface area contributed by atoms with Gasteiger partial charge in [-0.05, 0) is 36.6 Å². The van der Waals surface area contributed by atoms with Gasteiger partial charge in [0.1, 0.15) is 5.60 Å². The number of benzene rings is 1. The largest absolute Gasteiger partial charge is 0.383 e. The molecule has 0 radical (unpaired) electrons. The molecule has 0 saturated carbocycles. The van der Waals surface area contributed by atoms with Gasteiger partial charge in [0.25, 0.3) is 0 Å². The van der Waals surface area contributed by atoms with Crippen LogP contribution in [0.5, 0.6) is 0 Å². The highest BCUT2D eigenvalue weighted by Gasteiger charge is 2.24. The number of thiophene rings is 1. The highest BCUT2D eigenvalue weighted by molar-refractivity contribution is 7.84. The topological polar surface area (TPSA) is 78.4 Å². The lowest BCUT2D eigenvalue weighted by molar-refractivity contribution is 0.0637. The molecular formula is C15H18N2O3S2. The SMILES string of the molecule is CS(=O)c1cccc(NC(=O)NCC(C)(O)c2cccs2)c1. The van der Waals surface area contributed by atoms with Crippen LogP contribution in [0.4, 0.5) is 10.5 Å². The Balaban J connectivity index is 1.93. The van der Waals surface area contributed by atoms with E-state index in [2.05, 4.69) is 10.6 Å². The van der Waals surface area contributed by atoms with Crippen molar-refractivity contribution in [2.24, 2.45) is 0 Å². The summed E-state index contributed by atoms with van der Waals surface area (Å²) in [4.78, 5) is 13.3. The average Bonchev–Trinajstić information content (AvgIpc) is 3.00. The maximum Gasteiger partial charge on any atom is 0.319 e. The van der Waals surface area contributed by atoms with Crippen LogP contribution in [-0.4, -0.2) is 28.1 Å². The summed E-state index contributed by atoms with van der Waals surface area (Å²) in [5.41, 5.74) is -0.556. The molecule has 2 atom stereocenters. The molecule has 0 saturated heterocycles. The number of hydrogen-bond donors (Lipinski definition) is 3. The molecular weight excluding hydrogens is 320 g/mol. The Hall–Kier alpha value is -1.70. The Kier molecular flexibility index (Phi) is 5.33. The Bertz CT molecular complexity index is 669. The molecule has 0 aliphatic heterocycles. The highest BCUT2D eigenvalue weighted by atomic mass is 32.2. The predicted octanol–water partition coefficient (Wildman–Crippen LogP) is 2.51. The van der Waals surface area contributed by atoms with E-state index in [0.29, 0.717) is 10.6 Å². The van der Waals surface area contributed by atoms with Gasteiger partial charge < -0.3 is 15.7 Å². The van der Waals surface area contributed by atoms with Crippen LogP contribution in [0, 0.1) is 0 Å². The first-order valence-corrected chi connectivity index (χ1v) is 9.07. The second-order valence-corrected chi connectivity index (χ2v) is 7.37. The van der Waals surface area contributed by atoms with Gasteiger partial charge in [-0.25, -0.2) is 4.79 Å². The summed E-state index contributed by atoms with van der Waals surface area (Å²) in [6.07, 6.45) is 1.58. The number of carbonyl (C=O) groups is 1. The Labute approximate surface area is 135 Å². The van der Waals surface area contributed by atoms with Crippen molar-refractivity contribution in [3.8, 4) is 0 Å². The van der Waals surface area contributed by atoms with E-state index < -0.39 is 22.4 Å². The van der Waals surface area contributed by atoms with Gasteiger partial charge in [-0.15, -0.1) is 11.3 Å². The minimum Gasteiger partial charge on any atom is -0.383 e. The standard InChI is InChI=1S/C15H18N2O3S2/c1-15(19,13-7-4-8-21-13)10-16-14(18)17-11-5-3-6-12(9-11)22(2)20/h3-9,19H,10H2,1-2H3,(H2,16,17,18). The summed E-state index contributed by atoms with van der Waals surface area (Å²) in [5, 5.41) is 17.5. The smallest absolute Gasteiger partial charge is 0.319 e. The van der Waals surface area contributed by atoms with Crippen LogP contribution in [-0.2, 0) is 16.4 Å². The van der Waals surface area contributed by atoms with Crippen molar-refractivity contribution in [2.75, 3.05) is 18.1 Å². The van der Waals surface area contributed by atoms with Crippen LogP contribution in [0.2, 0.25) is 0 Å². The number of amides is 2. The van der Waals surface area contributed by atoms with Crippen molar-refractivity contribution in [1.29, 1.82) is 0 Å². The zero-order valence-corrected chi connectivity index (χ0v) is 14.0. The minimum atomic E-state index is -1.11. The van der Waals surface area contributed by atoms with E-state index in [0.717, 1.165) is 4.88 Å². The molecule has 0 aliphatic rings. The lowest BCUT2D eigenvalue weighted by atomic mass is 10.1. The van der Waals surface area contributed by atoms with Crippen LogP contribution in [0.1, 0.15) is 11.8 Å². The fraction of sp³-hybridized carbons (Fsp3) is 0.267. The molecule has 118 valence electrons. The van der Waals surface area contributed by atoms with Gasteiger partial charge in [0.05, 0.1) is 6.54 Å². The monoisotopic (exact) mass is 338 g/mol. The van der Waals surface area contributed by atoms with Crippen LogP contribution in [0.3, 0.4) is 0 Å². The third-order valence-corrected chi connectivity index (χ3v) is 5.11. The Morgan fingerprint density at radius 3 is 2.77 bits per heavy atom. The molecule has 0 fully saturated rings. The number of nitrogens with one attached hydrogen (secondary N) is 2. The third kappa shape index (κ3) is 4.40. The lowest BCUT2D eigenvalue weighted by Gasteiger charge is -2.22. The summed E-state index contributed by atoms with van der Waals surface area (Å²) < 4.78 is 11.4. The van der Waals surface area contributed by atoms with Gasteiger partial charge in [0, 0.05) is 32.5 Å². The molecule has 3 N–H and O–H groups in total. The van der Waals surface area contributed by atoms with E-state index in [-0.39, 0.29) is 6.54 Å². The van der Waals surface area contributed by atoms with Gasteiger partial charge >= 0.3 is 6.03 Å². The second kappa shape index (κ2) is 7.04. The molecule has 5 nitrogen and oxygen atoms in total. The van der Waals surface area contributed by atoms with Crippen LogP contribution < -0.4 is 10.6 Å². The van der Waals surface area contributed by atoms with Crippen LogP contribution >= 0.6 is 11.3 Å². The molecule has 0 bridgehead atoms. The quantitative estimate of drug-likeness (QED) is 0.784. The van der Waals surface area contributed by atoms with Crippen molar-refractivity contribution in [2.45, 2.75) is 17.4 Å². The molecule has 22 heavy (non-hydrogen) atoms. The highest BCUT2D eigenvalue weighted by Crippen LogP contribution is 2.24. The van der Waals surface area contributed by atoms with Crippen LogP contribution in [0.15, 0.2) is 46.7 Å². The molecule has 7 heteroatoms. The van der Waals surface area contributed by atoms with E-state index in [1.54, 1.807) is 37.4 Å². The fourth-order valence-electron chi connectivity index (χ4n) is 1.85. The Morgan fingerprint density at radius 2 is 2.14 bits per heavy atom. The maximum absolute atomic E-state index is 11.9. The molecule has 0 aliphatic carbocycles. The minimum absolute atomic E-state index is 0.0960. The molecule has 2 amide bonds. The van der Waals surface area contributed by atoms with Crippen molar-refractivity contribution in [3.05, 3.63) is 46.7 Å².